The molecule has 0 spiro atoms. The third kappa shape index (κ3) is 4.86. The van der Waals surface area contributed by atoms with Crippen LogP contribution in [-0.2, 0) is 0 Å². The summed E-state index contributed by atoms with van der Waals surface area (Å²) in [7, 11) is 0. The maximum absolute atomic E-state index is 4.80. The Morgan fingerprint density at radius 1 is 1.71 bits per heavy atom. The molecule has 0 heteroatoms. The van der Waals surface area contributed by atoms with E-state index in [2.05, 4.69) is 23.8 Å². The third-order valence-corrected chi connectivity index (χ3v) is 0.361. The van der Waals surface area contributed by atoms with E-state index in [0.29, 0.717) is 0 Å². The number of rotatable bonds is 0. The van der Waals surface area contributed by atoms with E-state index in [0.717, 1.165) is 0 Å². The molecule has 0 saturated carbocycles. The second kappa shape index (κ2) is 4.86. The Morgan fingerprint density at radius 3 is 2.86 bits per heavy atom. The molecule has 0 aliphatic carbocycles. The molecular formula is C7H5-. The van der Waals surface area contributed by atoms with Gasteiger partial charge >= 0.3 is 0 Å². The molecule has 0 atom stereocenters. The lowest BCUT2D eigenvalue weighted by Crippen LogP contribution is -1.46. The average Bonchev–Trinajstić information content (AvgIpc) is 1.69. The van der Waals surface area contributed by atoms with Crippen molar-refractivity contribution in [2.75, 3.05) is 0 Å². The summed E-state index contributed by atoms with van der Waals surface area (Å²) in [6.07, 6.45) is 9.09. The Morgan fingerprint density at radius 2 is 2.43 bits per heavy atom. The standard InChI is InChI=1S/C7H5/c1-3-5-7-6-4-2/h1,6H,2H3/q-1. The van der Waals surface area contributed by atoms with Gasteiger partial charge in [-0.2, -0.15) is 0 Å². The van der Waals surface area contributed by atoms with E-state index in [1.165, 1.54) is 0 Å². The van der Waals surface area contributed by atoms with Crippen molar-refractivity contribution in [3.05, 3.63) is 12.2 Å². The summed E-state index contributed by atoms with van der Waals surface area (Å²) >= 11 is 0. The highest BCUT2D eigenvalue weighted by Crippen LogP contribution is 1.60. The zero-order chi connectivity index (χ0) is 5.54. The van der Waals surface area contributed by atoms with Gasteiger partial charge in [-0.05, 0) is 5.92 Å². The summed E-state index contributed by atoms with van der Waals surface area (Å²) in [5.74, 6) is 7.14. The van der Waals surface area contributed by atoms with Crippen molar-refractivity contribution >= 4 is 0 Å². The van der Waals surface area contributed by atoms with Gasteiger partial charge < -0.3 is 0 Å². The molecule has 0 aromatic rings. The van der Waals surface area contributed by atoms with Crippen LogP contribution in [0.15, 0.2) is 6.08 Å². The molecule has 0 fully saturated rings. The maximum atomic E-state index is 4.80. The lowest BCUT2D eigenvalue weighted by molar-refractivity contribution is 1.67. The largest absolute Gasteiger partial charge is 0.293 e. The van der Waals surface area contributed by atoms with E-state index in [1.807, 2.05) is 0 Å². The smallest absolute Gasteiger partial charge is 0.0407 e. The van der Waals surface area contributed by atoms with Gasteiger partial charge in [0.1, 0.15) is 0 Å². The molecule has 0 aliphatic heterocycles. The van der Waals surface area contributed by atoms with Crippen molar-refractivity contribution in [3.8, 4) is 24.2 Å². The van der Waals surface area contributed by atoms with Crippen molar-refractivity contribution in [1.82, 2.24) is 0 Å². The minimum absolute atomic E-state index is 1.58. The van der Waals surface area contributed by atoms with Crippen LogP contribution in [-0.4, -0.2) is 0 Å². The van der Waals surface area contributed by atoms with E-state index < -0.39 is 0 Å². The summed E-state index contributed by atoms with van der Waals surface area (Å²) in [6, 6.07) is 0. The van der Waals surface area contributed by atoms with Gasteiger partial charge in [0.15, 0.2) is 0 Å². The minimum Gasteiger partial charge on any atom is -0.293 e. The lowest BCUT2D eigenvalue weighted by atomic mass is 10.5. The van der Waals surface area contributed by atoms with Crippen molar-refractivity contribution in [2.45, 2.75) is 6.92 Å². The number of allylic oxidation sites excluding steroid dienone is 2. The van der Waals surface area contributed by atoms with Crippen LogP contribution in [0.3, 0.4) is 0 Å². The van der Waals surface area contributed by atoms with Gasteiger partial charge in [0.2, 0.25) is 0 Å². The van der Waals surface area contributed by atoms with Crippen LogP contribution in [0.5, 0.6) is 0 Å². The third-order valence-electron chi connectivity index (χ3n) is 0.361. The first-order chi connectivity index (χ1) is 3.41. The number of hydrogen-bond acceptors (Lipinski definition) is 0. The molecule has 0 radical (unpaired) electrons. The molecule has 0 aliphatic rings. The first kappa shape index (κ1) is 5.86. The molecular weight excluding hydrogens is 84.1 g/mol. The quantitative estimate of drug-likeness (QED) is 0.307. The topological polar surface area (TPSA) is 0 Å². The van der Waals surface area contributed by atoms with Crippen molar-refractivity contribution in [2.24, 2.45) is 0 Å². The van der Waals surface area contributed by atoms with Crippen LogP contribution < -0.4 is 0 Å². The Hall–Kier alpha value is -1.14. The van der Waals surface area contributed by atoms with Gasteiger partial charge in [0.25, 0.3) is 0 Å². The molecule has 7 heavy (non-hydrogen) atoms. The fourth-order valence-corrected chi connectivity index (χ4v) is 0.150. The predicted octanol–water partition coefficient (Wildman–Crippen LogP) is 1.00. The molecule has 0 saturated heterocycles. The molecule has 0 unspecified atom stereocenters. The normalized spacial score (nSPS) is 6.86. The zero-order valence-corrected chi connectivity index (χ0v) is 4.15. The highest BCUT2D eigenvalue weighted by Gasteiger charge is 1.33. The molecule has 0 heterocycles. The fraction of sp³-hybridized carbons (Fsp3) is 0.143. The van der Waals surface area contributed by atoms with Gasteiger partial charge in [0.05, 0.1) is 0 Å². The van der Waals surface area contributed by atoms with Crippen LogP contribution in [0.2, 0.25) is 0 Å². The van der Waals surface area contributed by atoms with Crippen molar-refractivity contribution < 1.29 is 0 Å². The van der Waals surface area contributed by atoms with Crippen LogP contribution >= 0.6 is 0 Å². The molecule has 0 amide bonds. The molecule has 0 aromatic heterocycles. The summed E-state index contributed by atoms with van der Waals surface area (Å²) < 4.78 is 0. The summed E-state index contributed by atoms with van der Waals surface area (Å²) in [6.45, 7) is 1.77. The van der Waals surface area contributed by atoms with Crippen molar-refractivity contribution in [3.63, 3.8) is 0 Å². The molecule has 0 aromatic carbocycles. The van der Waals surface area contributed by atoms with Gasteiger partial charge in [-0.3, -0.25) is 12.0 Å². The van der Waals surface area contributed by atoms with E-state index in [1.54, 1.807) is 13.0 Å². The predicted molar refractivity (Wildman–Crippen MR) is 30.1 cm³/mol. The van der Waals surface area contributed by atoms with E-state index in [9.17, 15) is 0 Å². The minimum atomic E-state index is 1.58. The highest BCUT2D eigenvalue weighted by atomic mass is 13.5. The van der Waals surface area contributed by atoms with Crippen molar-refractivity contribution in [1.29, 1.82) is 0 Å². The summed E-state index contributed by atoms with van der Waals surface area (Å²) in [5.41, 5.74) is 0. The first-order valence-electron chi connectivity index (χ1n) is 1.87. The summed E-state index contributed by atoms with van der Waals surface area (Å²) in [5, 5.41) is 0. The average molecular weight is 89.1 g/mol. The second-order valence-corrected chi connectivity index (χ2v) is 0.847. The van der Waals surface area contributed by atoms with Crippen LogP contribution in [0.4, 0.5) is 0 Å². The van der Waals surface area contributed by atoms with Crippen LogP contribution in [0, 0.1) is 30.3 Å². The lowest BCUT2D eigenvalue weighted by Gasteiger charge is -1.73. The number of hydrogen-bond donors (Lipinski definition) is 0. The van der Waals surface area contributed by atoms with E-state index in [4.69, 9.17) is 6.42 Å². The van der Waals surface area contributed by atoms with Crippen LogP contribution in [0.1, 0.15) is 6.92 Å². The number of terminal acetylenes is 1. The van der Waals surface area contributed by atoms with E-state index >= 15 is 0 Å². The van der Waals surface area contributed by atoms with Gasteiger partial charge in [0, 0.05) is 0 Å². The summed E-state index contributed by atoms with van der Waals surface area (Å²) in [4.78, 5) is 0. The molecule has 0 nitrogen and oxygen atoms in total. The second-order valence-electron chi connectivity index (χ2n) is 0.847. The SMILES string of the molecule is C#CC#CC=[C-]C. The maximum Gasteiger partial charge on any atom is -0.0407 e. The van der Waals surface area contributed by atoms with Gasteiger partial charge in [-0.15, -0.1) is 19.3 Å². The van der Waals surface area contributed by atoms with Crippen LogP contribution in [0.25, 0.3) is 0 Å². The Labute approximate surface area is 44.2 Å². The fourth-order valence-electron chi connectivity index (χ4n) is 0.150. The zero-order valence-electron chi connectivity index (χ0n) is 4.15. The highest BCUT2D eigenvalue weighted by molar-refractivity contribution is 5.26. The monoisotopic (exact) mass is 89.0 g/mol. The molecule has 0 bridgehead atoms. The Kier molecular flexibility index (Phi) is 4.07. The van der Waals surface area contributed by atoms with E-state index in [-0.39, 0.29) is 0 Å². The Bertz CT molecular complexity index is 145. The van der Waals surface area contributed by atoms with Gasteiger partial charge in [-0.1, -0.05) is 0 Å². The molecule has 0 rings (SSSR count). The Balaban J connectivity index is 3.52. The molecule has 0 N–H and O–H groups in total. The van der Waals surface area contributed by atoms with Gasteiger partial charge in [-0.25, -0.2) is 6.08 Å². The molecule has 34 valence electrons. The first-order valence-corrected chi connectivity index (χ1v) is 1.87.